The Labute approximate surface area is 118 Å². The van der Waals surface area contributed by atoms with E-state index in [1.165, 1.54) is 19.2 Å². The zero-order valence-electron chi connectivity index (χ0n) is 9.76. The number of methoxy groups -OCH3 is 1. The molecule has 0 radical (unpaired) electrons. The van der Waals surface area contributed by atoms with Gasteiger partial charge in [0.25, 0.3) is 5.88 Å². The third-order valence-corrected chi connectivity index (χ3v) is 2.99. The Hall–Kier alpha value is -1.85. The largest absolute Gasteiger partial charge is 0.476 e. The van der Waals surface area contributed by atoms with Gasteiger partial charge in [-0.2, -0.15) is 0 Å². The van der Waals surface area contributed by atoms with Crippen molar-refractivity contribution in [3.05, 3.63) is 50.5 Å². The summed E-state index contributed by atoms with van der Waals surface area (Å²) in [4.78, 5) is 14.3. The highest BCUT2D eigenvalue weighted by Crippen LogP contribution is 2.33. The molecule has 0 aliphatic carbocycles. The molecular weight excluding hydrogens is 291 g/mol. The van der Waals surface area contributed by atoms with Gasteiger partial charge in [-0.3, -0.25) is 10.1 Å². The summed E-state index contributed by atoms with van der Waals surface area (Å²) in [5, 5.41) is 11.7. The van der Waals surface area contributed by atoms with E-state index in [9.17, 15) is 10.1 Å². The number of rotatable bonds is 3. The summed E-state index contributed by atoms with van der Waals surface area (Å²) >= 11 is 11.9. The fourth-order valence-corrected chi connectivity index (χ4v) is 2.07. The van der Waals surface area contributed by atoms with Gasteiger partial charge < -0.3 is 4.74 Å². The lowest BCUT2D eigenvalue weighted by molar-refractivity contribution is -0.386. The Morgan fingerprint density at radius 2 is 2.00 bits per heavy atom. The van der Waals surface area contributed by atoms with Gasteiger partial charge in [0.05, 0.1) is 22.7 Å². The molecule has 0 bridgehead atoms. The molecule has 1 heterocycles. The standard InChI is InChI=1S/C12H8Cl2N2O3/c1-19-12-11(16(17)18)5-4-10(15-12)8-3-2-7(13)6-9(8)14/h2-6H,1H3. The van der Waals surface area contributed by atoms with E-state index in [2.05, 4.69) is 4.98 Å². The predicted molar refractivity (Wildman–Crippen MR) is 72.9 cm³/mol. The number of pyridine rings is 1. The quantitative estimate of drug-likeness (QED) is 0.635. The molecule has 7 heteroatoms. The van der Waals surface area contributed by atoms with Gasteiger partial charge in [-0.25, -0.2) is 4.98 Å². The van der Waals surface area contributed by atoms with Crippen molar-refractivity contribution < 1.29 is 9.66 Å². The highest BCUT2D eigenvalue weighted by molar-refractivity contribution is 6.36. The fourth-order valence-electron chi connectivity index (χ4n) is 1.57. The molecular formula is C12H8Cl2N2O3. The Bertz CT molecular complexity index is 647. The van der Waals surface area contributed by atoms with Gasteiger partial charge in [0.1, 0.15) is 0 Å². The van der Waals surface area contributed by atoms with Crippen molar-refractivity contribution in [3.63, 3.8) is 0 Å². The number of hydrogen-bond acceptors (Lipinski definition) is 4. The SMILES string of the molecule is COc1nc(-c2ccc(Cl)cc2Cl)ccc1[N+](=O)[O-]. The van der Waals surface area contributed by atoms with E-state index in [0.717, 1.165) is 0 Å². The number of aromatic nitrogens is 1. The highest BCUT2D eigenvalue weighted by atomic mass is 35.5. The van der Waals surface area contributed by atoms with E-state index in [1.54, 1.807) is 18.2 Å². The molecule has 0 fully saturated rings. The van der Waals surface area contributed by atoms with Crippen LogP contribution in [-0.4, -0.2) is 17.0 Å². The van der Waals surface area contributed by atoms with Gasteiger partial charge in [0, 0.05) is 16.7 Å². The van der Waals surface area contributed by atoms with Crippen LogP contribution in [0.2, 0.25) is 10.0 Å². The Balaban J connectivity index is 2.54. The molecule has 0 spiro atoms. The van der Waals surface area contributed by atoms with E-state index in [4.69, 9.17) is 27.9 Å². The number of hydrogen-bond donors (Lipinski definition) is 0. The van der Waals surface area contributed by atoms with Crippen LogP contribution in [0.3, 0.4) is 0 Å². The van der Waals surface area contributed by atoms with Crippen molar-refractivity contribution in [1.82, 2.24) is 4.98 Å². The molecule has 0 aliphatic rings. The molecule has 98 valence electrons. The van der Waals surface area contributed by atoms with Crippen LogP contribution in [0, 0.1) is 10.1 Å². The first-order valence-corrected chi connectivity index (χ1v) is 5.93. The summed E-state index contributed by atoms with van der Waals surface area (Å²) in [6, 6.07) is 7.77. The lowest BCUT2D eigenvalue weighted by Gasteiger charge is -2.06. The van der Waals surface area contributed by atoms with Crippen LogP contribution in [-0.2, 0) is 0 Å². The number of benzene rings is 1. The zero-order valence-corrected chi connectivity index (χ0v) is 11.3. The lowest BCUT2D eigenvalue weighted by atomic mass is 10.1. The van der Waals surface area contributed by atoms with Crippen LogP contribution in [0.1, 0.15) is 0 Å². The first kappa shape index (κ1) is 13.6. The summed E-state index contributed by atoms with van der Waals surface area (Å²) in [7, 11) is 1.32. The normalized spacial score (nSPS) is 10.3. The van der Waals surface area contributed by atoms with Gasteiger partial charge in [-0.15, -0.1) is 0 Å². The zero-order chi connectivity index (χ0) is 14.0. The summed E-state index contributed by atoms with van der Waals surface area (Å²) in [6.07, 6.45) is 0. The Morgan fingerprint density at radius 1 is 1.26 bits per heavy atom. The highest BCUT2D eigenvalue weighted by Gasteiger charge is 2.18. The second kappa shape index (κ2) is 5.42. The van der Waals surface area contributed by atoms with Crippen LogP contribution in [0.25, 0.3) is 11.3 Å². The van der Waals surface area contributed by atoms with Crippen molar-refractivity contribution >= 4 is 28.9 Å². The van der Waals surface area contributed by atoms with E-state index >= 15 is 0 Å². The molecule has 0 aliphatic heterocycles. The van der Waals surface area contributed by atoms with Crippen molar-refractivity contribution in [3.8, 4) is 17.1 Å². The van der Waals surface area contributed by atoms with E-state index in [-0.39, 0.29) is 11.6 Å². The van der Waals surface area contributed by atoms with Gasteiger partial charge in [0.15, 0.2) is 0 Å². The maximum atomic E-state index is 10.8. The number of halogens is 2. The Kier molecular flexibility index (Phi) is 3.87. The molecule has 0 N–H and O–H groups in total. The molecule has 2 aromatic rings. The maximum Gasteiger partial charge on any atom is 0.330 e. The molecule has 0 amide bonds. The lowest BCUT2D eigenvalue weighted by Crippen LogP contribution is -1.97. The number of nitro groups is 1. The number of nitrogens with zero attached hydrogens (tertiary/aromatic N) is 2. The predicted octanol–water partition coefficient (Wildman–Crippen LogP) is 3.97. The summed E-state index contributed by atoms with van der Waals surface area (Å²) in [5.41, 5.74) is 0.903. The van der Waals surface area contributed by atoms with Gasteiger partial charge in [-0.1, -0.05) is 23.2 Å². The third-order valence-electron chi connectivity index (χ3n) is 2.44. The third kappa shape index (κ3) is 2.77. The first-order chi connectivity index (χ1) is 9.02. The molecule has 1 aromatic heterocycles. The van der Waals surface area contributed by atoms with Gasteiger partial charge >= 0.3 is 5.69 Å². The first-order valence-electron chi connectivity index (χ1n) is 5.18. The molecule has 0 saturated carbocycles. The Morgan fingerprint density at radius 3 is 2.58 bits per heavy atom. The topological polar surface area (TPSA) is 65.3 Å². The average Bonchev–Trinajstić information content (AvgIpc) is 2.37. The monoisotopic (exact) mass is 298 g/mol. The van der Waals surface area contributed by atoms with E-state index < -0.39 is 4.92 Å². The fraction of sp³-hybridized carbons (Fsp3) is 0.0833. The van der Waals surface area contributed by atoms with Crippen LogP contribution < -0.4 is 4.74 Å². The minimum Gasteiger partial charge on any atom is -0.476 e. The molecule has 5 nitrogen and oxygen atoms in total. The van der Waals surface area contributed by atoms with Crippen molar-refractivity contribution in [1.29, 1.82) is 0 Å². The second-order valence-electron chi connectivity index (χ2n) is 3.61. The van der Waals surface area contributed by atoms with Gasteiger partial charge in [0.2, 0.25) is 0 Å². The second-order valence-corrected chi connectivity index (χ2v) is 4.45. The minimum atomic E-state index is -0.556. The van der Waals surface area contributed by atoms with Crippen LogP contribution >= 0.6 is 23.2 Å². The molecule has 2 rings (SSSR count). The van der Waals surface area contributed by atoms with Crippen LogP contribution in [0.15, 0.2) is 30.3 Å². The van der Waals surface area contributed by atoms with E-state index in [1.807, 2.05) is 0 Å². The van der Waals surface area contributed by atoms with Crippen molar-refractivity contribution in [2.45, 2.75) is 0 Å². The van der Waals surface area contributed by atoms with Gasteiger partial charge in [-0.05, 0) is 24.3 Å². The van der Waals surface area contributed by atoms with Crippen molar-refractivity contribution in [2.24, 2.45) is 0 Å². The van der Waals surface area contributed by atoms with Crippen LogP contribution in [0.4, 0.5) is 5.69 Å². The van der Waals surface area contributed by atoms with Crippen molar-refractivity contribution in [2.75, 3.05) is 7.11 Å². The maximum absolute atomic E-state index is 10.8. The summed E-state index contributed by atoms with van der Waals surface area (Å²) < 4.78 is 4.91. The summed E-state index contributed by atoms with van der Waals surface area (Å²) in [6.45, 7) is 0. The molecule has 19 heavy (non-hydrogen) atoms. The van der Waals surface area contributed by atoms with Crippen LogP contribution in [0.5, 0.6) is 5.88 Å². The minimum absolute atomic E-state index is 0.0616. The smallest absolute Gasteiger partial charge is 0.330 e. The molecule has 0 unspecified atom stereocenters. The molecule has 0 saturated heterocycles. The molecule has 0 atom stereocenters. The molecule has 1 aromatic carbocycles. The average molecular weight is 299 g/mol. The van der Waals surface area contributed by atoms with E-state index in [0.29, 0.717) is 21.3 Å². The number of ether oxygens (including phenoxy) is 1. The summed E-state index contributed by atoms with van der Waals surface area (Å²) in [5.74, 6) is -0.0616.